The SMILES string of the molecule is CC(C)CN(CC(C)C)N[SH](=O)=O. The lowest BCUT2D eigenvalue weighted by Gasteiger charge is -2.23. The van der Waals surface area contributed by atoms with E-state index >= 15 is 0 Å². The summed E-state index contributed by atoms with van der Waals surface area (Å²) in [6.45, 7) is 9.75. The van der Waals surface area contributed by atoms with Crippen LogP contribution in [0.5, 0.6) is 0 Å². The highest BCUT2D eigenvalue weighted by Gasteiger charge is 2.08. The van der Waals surface area contributed by atoms with Crippen LogP contribution in [0.2, 0.25) is 0 Å². The summed E-state index contributed by atoms with van der Waals surface area (Å²) in [5.41, 5.74) is 0. The van der Waals surface area contributed by atoms with Crippen molar-refractivity contribution in [3.05, 3.63) is 0 Å². The van der Waals surface area contributed by atoms with Crippen LogP contribution in [0.3, 0.4) is 0 Å². The molecule has 0 radical (unpaired) electrons. The molecule has 0 heterocycles. The van der Waals surface area contributed by atoms with Crippen LogP contribution in [0.4, 0.5) is 0 Å². The van der Waals surface area contributed by atoms with Crippen molar-refractivity contribution in [2.45, 2.75) is 27.7 Å². The summed E-state index contributed by atoms with van der Waals surface area (Å²) >= 11 is 0. The van der Waals surface area contributed by atoms with E-state index in [1.165, 1.54) is 0 Å². The van der Waals surface area contributed by atoms with Crippen molar-refractivity contribution < 1.29 is 8.42 Å². The van der Waals surface area contributed by atoms with E-state index < -0.39 is 10.9 Å². The molecule has 80 valence electrons. The van der Waals surface area contributed by atoms with Gasteiger partial charge in [0.05, 0.1) is 0 Å². The lowest BCUT2D eigenvalue weighted by atomic mass is 10.2. The largest absolute Gasteiger partial charge is 0.230 e. The van der Waals surface area contributed by atoms with Crippen LogP contribution in [0.25, 0.3) is 0 Å². The lowest BCUT2D eigenvalue weighted by Crippen LogP contribution is -2.41. The first-order valence-corrected chi connectivity index (χ1v) is 5.75. The van der Waals surface area contributed by atoms with Gasteiger partial charge in [0.1, 0.15) is 0 Å². The predicted octanol–water partition coefficient (Wildman–Crippen LogP) is 0.631. The molecule has 5 heteroatoms. The Morgan fingerprint density at radius 1 is 1.08 bits per heavy atom. The lowest BCUT2D eigenvalue weighted by molar-refractivity contribution is 0.193. The maximum atomic E-state index is 10.5. The third-order valence-corrected chi connectivity index (χ3v) is 1.84. The number of nitrogens with zero attached hydrogens (tertiary/aromatic N) is 1. The van der Waals surface area contributed by atoms with Crippen LogP contribution in [0.15, 0.2) is 0 Å². The summed E-state index contributed by atoms with van der Waals surface area (Å²) in [7, 11) is -2.53. The van der Waals surface area contributed by atoms with Gasteiger partial charge in [0.25, 0.3) is 0 Å². The van der Waals surface area contributed by atoms with Gasteiger partial charge >= 0.3 is 0 Å². The highest BCUT2D eigenvalue weighted by atomic mass is 32.2. The zero-order valence-corrected chi connectivity index (χ0v) is 9.67. The van der Waals surface area contributed by atoms with Crippen molar-refractivity contribution in [1.82, 2.24) is 9.84 Å². The molecular formula is C8H20N2O2S. The molecule has 0 aromatic heterocycles. The van der Waals surface area contributed by atoms with Gasteiger partial charge in [0, 0.05) is 13.1 Å². The van der Waals surface area contributed by atoms with Crippen molar-refractivity contribution in [1.29, 1.82) is 0 Å². The number of hydrogen-bond acceptors (Lipinski definition) is 3. The minimum Gasteiger partial charge on any atom is -0.230 e. The summed E-state index contributed by atoms with van der Waals surface area (Å²) in [6, 6.07) is 0. The predicted molar refractivity (Wildman–Crippen MR) is 54.7 cm³/mol. The average molecular weight is 208 g/mol. The molecule has 4 nitrogen and oxygen atoms in total. The van der Waals surface area contributed by atoms with Gasteiger partial charge in [-0.3, -0.25) is 0 Å². The molecule has 0 aliphatic carbocycles. The summed E-state index contributed by atoms with van der Waals surface area (Å²) in [4.78, 5) is 2.43. The van der Waals surface area contributed by atoms with Gasteiger partial charge in [0.15, 0.2) is 0 Å². The molecule has 0 unspecified atom stereocenters. The second-order valence-electron chi connectivity index (χ2n) is 4.05. The van der Waals surface area contributed by atoms with Gasteiger partial charge < -0.3 is 0 Å². The Morgan fingerprint density at radius 2 is 1.46 bits per heavy atom. The van der Waals surface area contributed by atoms with E-state index in [1.54, 1.807) is 5.01 Å². The molecule has 0 amide bonds. The van der Waals surface area contributed by atoms with Crippen molar-refractivity contribution in [2.24, 2.45) is 11.8 Å². The fourth-order valence-electron chi connectivity index (χ4n) is 1.15. The van der Waals surface area contributed by atoms with Gasteiger partial charge in [0.2, 0.25) is 10.9 Å². The Bertz CT molecular complexity index is 184. The Morgan fingerprint density at radius 3 is 1.69 bits per heavy atom. The summed E-state index contributed by atoms with van der Waals surface area (Å²) < 4.78 is 20.9. The average Bonchev–Trinajstić information content (AvgIpc) is 1.80. The maximum absolute atomic E-state index is 10.5. The Balaban J connectivity index is 4.02. The van der Waals surface area contributed by atoms with Crippen LogP contribution in [-0.4, -0.2) is 26.5 Å². The molecule has 0 rings (SSSR count). The molecule has 0 aliphatic rings. The molecule has 0 saturated carbocycles. The molecule has 0 atom stereocenters. The van der Waals surface area contributed by atoms with Gasteiger partial charge in [-0.1, -0.05) is 27.7 Å². The van der Waals surface area contributed by atoms with Gasteiger partial charge in [-0.15, -0.1) is 0 Å². The van der Waals surface area contributed by atoms with Crippen LogP contribution < -0.4 is 4.83 Å². The monoisotopic (exact) mass is 208 g/mol. The zero-order chi connectivity index (χ0) is 10.4. The minimum atomic E-state index is -2.53. The van der Waals surface area contributed by atoms with Crippen LogP contribution >= 0.6 is 0 Å². The molecular weight excluding hydrogens is 188 g/mol. The number of nitrogens with one attached hydrogen (secondary N) is 1. The standard InChI is InChI=1S/C8H20N2O2S/c1-7(2)5-10(6-8(3)4)9-13(11)12/h7-8,13H,5-6H2,1-4H3,(H,9,11,12). The van der Waals surface area contributed by atoms with Gasteiger partial charge in [-0.2, -0.15) is 4.83 Å². The highest BCUT2D eigenvalue weighted by molar-refractivity contribution is 7.70. The molecule has 0 fully saturated rings. The smallest absolute Gasteiger partial charge is 0.214 e. The van der Waals surface area contributed by atoms with Crippen molar-refractivity contribution in [3.8, 4) is 0 Å². The van der Waals surface area contributed by atoms with Crippen LogP contribution in [0.1, 0.15) is 27.7 Å². The first-order chi connectivity index (χ1) is 5.91. The molecule has 0 saturated heterocycles. The normalized spacial score (nSPS) is 12.3. The summed E-state index contributed by atoms with van der Waals surface area (Å²) in [6.07, 6.45) is 0. The number of hydrogen-bond donors (Lipinski definition) is 2. The minimum absolute atomic E-state index is 0.459. The second kappa shape index (κ2) is 6.34. The maximum Gasteiger partial charge on any atom is 0.214 e. The number of thiol groups is 1. The van der Waals surface area contributed by atoms with E-state index in [4.69, 9.17) is 0 Å². The topological polar surface area (TPSA) is 49.4 Å². The Hall–Kier alpha value is -0.130. The first kappa shape index (κ1) is 12.9. The molecule has 0 aromatic carbocycles. The molecule has 0 spiro atoms. The van der Waals surface area contributed by atoms with Crippen LogP contribution in [-0.2, 0) is 10.9 Å². The molecule has 0 aromatic rings. The van der Waals surface area contributed by atoms with Gasteiger partial charge in [-0.25, -0.2) is 13.4 Å². The summed E-state index contributed by atoms with van der Waals surface area (Å²) in [5.74, 6) is 0.919. The van der Waals surface area contributed by atoms with Crippen molar-refractivity contribution in [2.75, 3.05) is 13.1 Å². The molecule has 1 N–H and O–H groups in total. The van der Waals surface area contributed by atoms with Crippen molar-refractivity contribution in [3.63, 3.8) is 0 Å². The molecule has 13 heavy (non-hydrogen) atoms. The fraction of sp³-hybridized carbons (Fsp3) is 1.00. The van der Waals surface area contributed by atoms with E-state index in [-0.39, 0.29) is 0 Å². The first-order valence-electron chi connectivity index (χ1n) is 4.57. The van der Waals surface area contributed by atoms with E-state index in [1.807, 2.05) is 0 Å². The Labute approximate surface area is 82.4 Å². The third kappa shape index (κ3) is 8.21. The Kier molecular flexibility index (Phi) is 6.28. The van der Waals surface area contributed by atoms with E-state index in [2.05, 4.69) is 32.5 Å². The third-order valence-electron chi connectivity index (χ3n) is 1.39. The van der Waals surface area contributed by atoms with E-state index in [9.17, 15) is 8.42 Å². The van der Waals surface area contributed by atoms with Crippen molar-refractivity contribution >= 4 is 10.9 Å². The zero-order valence-electron chi connectivity index (χ0n) is 8.78. The molecule has 0 aliphatic heterocycles. The van der Waals surface area contributed by atoms with Crippen LogP contribution in [0, 0.1) is 11.8 Å². The second-order valence-corrected chi connectivity index (χ2v) is 4.76. The molecule has 0 bridgehead atoms. The fourth-order valence-corrected chi connectivity index (χ4v) is 1.55. The number of rotatable bonds is 6. The number of hydrazine groups is 1. The van der Waals surface area contributed by atoms with Gasteiger partial charge in [-0.05, 0) is 11.8 Å². The quantitative estimate of drug-likeness (QED) is 0.497. The van der Waals surface area contributed by atoms with E-state index in [0.717, 1.165) is 13.1 Å². The van der Waals surface area contributed by atoms with E-state index in [0.29, 0.717) is 11.8 Å². The highest BCUT2D eigenvalue weighted by Crippen LogP contribution is 2.00. The summed E-state index contributed by atoms with van der Waals surface area (Å²) in [5, 5.41) is 1.75.